The van der Waals surface area contributed by atoms with E-state index in [1.807, 2.05) is 0 Å². The fourth-order valence-corrected chi connectivity index (χ4v) is 3.50. The van der Waals surface area contributed by atoms with Crippen molar-refractivity contribution in [2.24, 2.45) is 0 Å². The highest BCUT2D eigenvalue weighted by atomic mass is 19.1. The lowest BCUT2D eigenvalue weighted by molar-refractivity contribution is 0.0874. The minimum Gasteiger partial charge on any atom is -0.349 e. The number of hydrogen-bond acceptors (Lipinski definition) is 2. The van der Waals surface area contributed by atoms with Crippen LogP contribution in [0.5, 0.6) is 0 Å². The maximum Gasteiger partial charge on any atom is 0.257 e. The van der Waals surface area contributed by atoms with Gasteiger partial charge < -0.3 is 10.2 Å². The van der Waals surface area contributed by atoms with E-state index in [2.05, 4.69) is 17.3 Å². The number of amides is 1. The lowest BCUT2D eigenvalue weighted by Crippen LogP contribution is -2.49. The molecule has 0 aromatic heterocycles. The van der Waals surface area contributed by atoms with Crippen LogP contribution in [0.25, 0.3) is 0 Å². The van der Waals surface area contributed by atoms with Crippen LogP contribution in [0.2, 0.25) is 0 Å². The van der Waals surface area contributed by atoms with Gasteiger partial charge >= 0.3 is 0 Å². The molecule has 0 saturated carbocycles. The molecule has 3 rings (SSSR count). The molecule has 1 N–H and O–H groups in total. The molecule has 2 saturated heterocycles. The lowest BCUT2D eigenvalue weighted by Gasteiger charge is -2.36. The zero-order valence-corrected chi connectivity index (χ0v) is 11.4. The minimum absolute atomic E-state index is 0.00945. The summed E-state index contributed by atoms with van der Waals surface area (Å²) in [5, 5.41) is 2.79. The number of carbonyl (C=O) groups excluding carboxylic acids is 1. The zero-order valence-electron chi connectivity index (χ0n) is 11.4. The molecule has 2 unspecified atom stereocenters. The van der Waals surface area contributed by atoms with E-state index >= 15 is 0 Å². The summed E-state index contributed by atoms with van der Waals surface area (Å²) in [5.74, 6) is -2.26. The predicted octanol–water partition coefficient (Wildman–Crippen LogP) is 2.32. The van der Waals surface area contributed by atoms with Crippen molar-refractivity contribution in [2.75, 3.05) is 7.05 Å². The summed E-state index contributed by atoms with van der Waals surface area (Å²) in [7, 11) is 2.11. The highest BCUT2D eigenvalue weighted by molar-refractivity contribution is 5.94. The van der Waals surface area contributed by atoms with Crippen LogP contribution in [-0.4, -0.2) is 36.0 Å². The first-order chi connectivity index (χ1) is 9.56. The van der Waals surface area contributed by atoms with Crippen LogP contribution in [0.4, 0.5) is 8.78 Å². The van der Waals surface area contributed by atoms with Gasteiger partial charge in [0.2, 0.25) is 0 Å². The fourth-order valence-electron chi connectivity index (χ4n) is 3.50. The van der Waals surface area contributed by atoms with Crippen LogP contribution in [0.3, 0.4) is 0 Å². The molecule has 0 spiro atoms. The smallest absolute Gasteiger partial charge is 0.257 e. The van der Waals surface area contributed by atoms with E-state index in [0.29, 0.717) is 12.1 Å². The van der Waals surface area contributed by atoms with Gasteiger partial charge in [-0.2, -0.15) is 0 Å². The summed E-state index contributed by atoms with van der Waals surface area (Å²) >= 11 is 0. The van der Waals surface area contributed by atoms with Gasteiger partial charge in [0.1, 0.15) is 17.2 Å². The van der Waals surface area contributed by atoms with Gasteiger partial charge in [0.25, 0.3) is 5.91 Å². The van der Waals surface area contributed by atoms with Crippen molar-refractivity contribution in [3.05, 3.63) is 35.4 Å². The third-order valence-corrected chi connectivity index (χ3v) is 4.62. The molecule has 108 valence electrons. The lowest BCUT2D eigenvalue weighted by atomic mass is 9.97. The monoisotopic (exact) mass is 280 g/mol. The van der Waals surface area contributed by atoms with Crippen molar-refractivity contribution in [3.8, 4) is 0 Å². The largest absolute Gasteiger partial charge is 0.349 e. The van der Waals surface area contributed by atoms with Gasteiger partial charge in [-0.05, 0) is 44.9 Å². The van der Waals surface area contributed by atoms with E-state index < -0.39 is 23.1 Å². The van der Waals surface area contributed by atoms with Gasteiger partial charge in [-0.1, -0.05) is 6.07 Å². The molecule has 20 heavy (non-hydrogen) atoms. The number of piperidine rings is 1. The van der Waals surface area contributed by atoms with Gasteiger partial charge in [0.05, 0.1) is 0 Å². The summed E-state index contributed by atoms with van der Waals surface area (Å²) in [5.41, 5.74) is -0.473. The highest BCUT2D eigenvalue weighted by Gasteiger charge is 2.39. The molecular weight excluding hydrogens is 262 g/mol. The first-order valence-electron chi connectivity index (χ1n) is 7.03. The van der Waals surface area contributed by atoms with Crippen molar-refractivity contribution in [3.63, 3.8) is 0 Å². The topological polar surface area (TPSA) is 32.3 Å². The molecule has 2 bridgehead atoms. The summed E-state index contributed by atoms with van der Waals surface area (Å²) < 4.78 is 27.1. The molecule has 2 aliphatic heterocycles. The molecule has 1 aromatic carbocycles. The standard InChI is InChI=1S/C15H18F2N2O/c1-19-10-5-6-11(19)8-9(7-10)18-15(20)14-12(16)3-2-4-13(14)17/h2-4,9-11H,5-8H2,1H3,(H,18,20). The normalized spacial score (nSPS) is 29.4. The van der Waals surface area contributed by atoms with E-state index in [9.17, 15) is 13.6 Å². The van der Waals surface area contributed by atoms with E-state index in [1.165, 1.54) is 6.07 Å². The molecule has 2 fully saturated rings. The molecule has 0 aliphatic carbocycles. The summed E-state index contributed by atoms with van der Waals surface area (Å²) in [6.07, 6.45) is 3.99. The quantitative estimate of drug-likeness (QED) is 0.901. The second kappa shape index (κ2) is 5.13. The molecule has 2 heterocycles. The number of benzene rings is 1. The van der Waals surface area contributed by atoms with Gasteiger partial charge in [-0.25, -0.2) is 8.78 Å². The Morgan fingerprint density at radius 2 is 1.75 bits per heavy atom. The van der Waals surface area contributed by atoms with Crippen LogP contribution in [0, 0.1) is 11.6 Å². The zero-order chi connectivity index (χ0) is 14.3. The third kappa shape index (κ3) is 2.30. The van der Waals surface area contributed by atoms with Crippen LogP contribution >= 0.6 is 0 Å². The van der Waals surface area contributed by atoms with Crippen molar-refractivity contribution < 1.29 is 13.6 Å². The maximum absolute atomic E-state index is 13.6. The van der Waals surface area contributed by atoms with Crippen molar-refractivity contribution in [1.29, 1.82) is 0 Å². The SMILES string of the molecule is CN1C2CCC1CC(NC(=O)c1c(F)cccc1F)C2. The number of halogens is 2. The van der Waals surface area contributed by atoms with Crippen LogP contribution in [0.15, 0.2) is 18.2 Å². The summed E-state index contributed by atoms with van der Waals surface area (Å²) in [6, 6.07) is 4.44. The van der Waals surface area contributed by atoms with Gasteiger partial charge in [0, 0.05) is 18.1 Å². The number of nitrogens with one attached hydrogen (secondary N) is 1. The number of hydrogen-bond donors (Lipinski definition) is 1. The molecule has 5 heteroatoms. The van der Waals surface area contributed by atoms with Gasteiger partial charge in [-0.3, -0.25) is 4.79 Å². The minimum atomic E-state index is -0.807. The van der Waals surface area contributed by atoms with Crippen LogP contribution < -0.4 is 5.32 Å². The van der Waals surface area contributed by atoms with Crippen molar-refractivity contribution in [1.82, 2.24) is 10.2 Å². The Morgan fingerprint density at radius 3 is 2.30 bits per heavy atom. The first-order valence-corrected chi connectivity index (χ1v) is 7.03. The Kier molecular flexibility index (Phi) is 3.46. The molecule has 0 radical (unpaired) electrons. The molecule has 1 aromatic rings. The fraction of sp³-hybridized carbons (Fsp3) is 0.533. The summed E-state index contributed by atoms with van der Waals surface area (Å²) in [6.45, 7) is 0. The molecule has 1 amide bonds. The number of rotatable bonds is 2. The Balaban J connectivity index is 1.71. The van der Waals surface area contributed by atoms with Crippen LogP contribution in [-0.2, 0) is 0 Å². The van der Waals surface area contributed by atoms with E-state index in [-0.39, 0.29) is 6.04 Å². The first kappa shape index (κ1) is 13.5. The number of carbonyl (C=O) groups is 1. The maximum atomic E-state index is 13.6. The molecule has 2 aliphatic rings. The van der Waals surface area contributed by atoms with Crippen molar-refractivity contribution >= 4 is 5.91 Å². The Hall–Kier alpha value is -1.49. The molecule has 3 nitrogen and oxygen atoms in total. The summed E-state index contributed by atoms with van der Waals surface area (Å²) in [4.78, 5) is 14.4. The average molecular weight is 280 g/mol. The highest BCUT2D eigenvalue weighted by Crippen LogP contribution is 2.34. The average Bonchev–Trinajstić information content (AvgIpc) is 2.62. The van der Waals surface area contributed by atoms with E-state index in [1.54, 1.807) is 0 Å². The van der Waals surface area contributed by atoms with E-state index in [4.69, 9.17) is 0 Å². The Labute approximate surface area is 117 Å². The molecule has 2 atom stereocenters. The predicted molar refractivity (Wildman–Crippen MR) is 71.4 cm³/mol. The van der Waals surface area contributed by atoms with Crippen molar-refractivity contribution in [2.45, 2.75) is 43.8 Å². The Morgan fingerprint density at radius 1 is 1.20 bits per heavy atom. The molecular formula is C15H18F2N2O. The number of fused-ring (bicyclic) bond motifs is 2. The second-order valence-electron chi connectivity index (χ2n) is 5.79. The third-order valence-electron chi connectivity index (χ3n) is 4.62. The van der Waals surface area contributed by atoms with Crippen LogP contribution in [0.1, 0.15) is 36.0 Å². The van der Waals surface area contributed by atoms with E-state index in [0.717, 1.165) is 37.8 Å². The van der Waals surface area contributed by atoms with Gasteiger partial charge in [0.15, 0.2) is 0 Å². The number of nitrogens with zero attached hydrogens (tertiary/aromatic N) is 1. The van der Waals surface area contributed by atoms with Gasteiger partial charge in [-0.15, -0.1) is 0 Å². The Bertz CT molecular complexity index is 500. The second-order valence-corrected chi connectivity index (χ2v) is 5.79.